The number of carbonyl (C=O) groups is 1. The Bertz CT molecular complexity index is 602. The van der Waals surface area contributed by atoms with Gasteiger partial charge in [0.05, 0.1) is 5.69 Å². The molecule has 20 heavy (non-hydrogen) atoms. The molecule has 0 aliphatic heterocycles. The molecule has 1 aromatic heterocycles. The summed E-state index contributed by atoms with van der Waals surface area (Å²) in [5, 5.41) is 7.23. The van der Waals surface area contributed by atoms with Crippen molar-refractivity contribution in [3.63, 3.8) is 0 Å². The lowest BCUT2D eigenvalue weighted by Crippen LogP contribution is -2.24. The third kappa shape index (κ3) is 3.95. The van der Waals surface area contributed by atoms with Crippen molar-refractivity contribution in [3.8, 4) is 0 Å². The second-order valence-electron chi connectivity index (χ2n) is 5.18. The normalized spacial score (nSPS) is 10.6. The minimum atomic E-state index is 0.0547. The Morgan fingerprint density at radius 1 is 1.25 bits per heavy atom. The summed E-state index contributed by atoms with van der Waals surface area (Å²) in [4.78, 5) is 11.8. The molecule has 0 saturated heterocycles. The SMILES string of the molecule is Cc1ccc(C)c(CNC(=O)CCn2ccc(C)n2)c1. The summed E-state index contributed by atoms with van der Waals surface area (Å²) < 4.78 is 1.80. The topological polar surface area (TPSA) is 46.9 Å². The van der Waals surface area contributed by atoms with Crippen molar-refractivity contribution in [1.29, 1.82) is 0 Å². The highest BCUT2D eigenvalue weighted by Gasteiger charge is 2.04. The maximum Gasteiger partial charge on any atom is 0.222 e. The third-order valence-electron chi connectivity index (χ3n) is 3.32. The number of hydrogen-bond donors (Lipinski definition) is 1. The van der Waals surface area contributed by atoms with E-state index >= 15 is 0 Å². The molecule has 0 unspecified atom stereocenters. The average Bonchev–Trinajstić information content (AvgIpc) is 2.83. The predicted octanol–water partition coefficient (Wildman–Crippen LogP) is 2.51. The number of rotatable bonds is 5. The first-order valence-corrected chi connectivity index (χ1v) is 6.87. The molecule has 1 heterocycles. The molecule has 0 spiro atoms. The molecule has 0 atom stereocenters. The van der Waals surface area contributed by atoms with Gasteiger partial charge in [-0.25, -0.2) is 0 Å². The van der Waals surface area contributed by atoms with Crippen molar-refractivity contribution in [2.75, 3.05) is 0 Å². The highest BCUT2D eigenvalue weighted by atomic mass is 16.1. The molecule has 0 fully saturated rings. The Labute approximate surface area is 119 Å². The van der Waals surface area contributed by atoms with Crippen LogP contribution in [0.25, 0.3) is 0 Å². The van der Waals surface area contributed by atoms with E-state index in [0.717, 1.165) is 5.69 Å². The van der Waals surface area contributed by atoms with E-state index < -0.39 is 0 Å². The van der Waals surface area contributed by atoms with Gasteiger partial charge in [-0.3, -0.25) is 9.48 Å². The maximum absolute atomic E-state index is 11.8. The fourth-order valence-corrected chi connectivity index (χ4v) is 2.08. The van der Waals surface area contributed by atoms with Crippen LogP contribution in [-0.4, -0.2) is 15.7 Å². The fraction of sp³-hybridized carbons (Fsp3) is 0.375. The van der Waals surface area contributed by atoms with E-state index in [1.165, 1.54) is 16.7 Å². The molecule has 1 amide bonds. The second kappa shape index (κ2) is 6.37. The van der Waals surface area contributed by atoms with Gasteiger partial charge in [-0.05, 0) is 38.0 Å². The van der Waals surface area contributed by atoms with Crippen LogP contribution in [0.5, 0.6) is 0 Å². The van der Waals surface area contributed by atoms with Gasteiger partial charge in [0.25, 0.3) is 0 Å². The molecule has 2 rings (SSSR count). The summed E-state index contributed by atoms with van der Waals surface area (Å²) in [5.41, 5.74) is 4.57. The zero-order valence-electron chi connectivity index (χ0n) is 12.3. The van der Waals surface area contributed by atoms with Gasteiger partial charge in [0, 0.05) is 25.7 Å². The second-order valence-corrected chi connectivity index (χ2v) is 5.18. The van der Waals surface area contributed by atoms with Crippen LogP contribution in [0.3, 0.4) is 0 Å². The van der Waals surface area contributed by atoms with Crippen LogP contribution in [0.1, 0.15) is 28.8 Å². The highest BCUT2D eigenvalue weighted by molar-refractivity contribution is 5.75. The summed E-state index contributed by atoms with van der Waals surface area (Å²) >= 11 is 0. The number of nitrogens with one attached hydrogen (secondary N) is 1. The molecule has 0 saturated carbocycles. The molecule has 1 aromatic carbocycles. The number of carbonyl (C=O) groups excluding carboxylic acids is 1. The smallest absolute Gasteiger partial charge is 0.222 e. The van der Waals surface area contributed by atoms with Crippen molar-refractivity contribution in [2.24, 2.45) is 0 Å². The first-order chi connectivity index (χ1) is 9.54. The number of nitrogens with zero attached hydrogens (tertiary/aromatic N) is 2. The van der Waals surface area contributed by atoms with Crippen LogP contribution in [0.2, 0.25) is 0 Å². The maximum atomic E-state index is 11.8. The summed E-state index contributed by atoms with van der Waals surface area (Å²) in [6, 6.07) is 8.23. The molecule has 1 N–H and O–H groups in total. The quantitative estimate of drug-likeness (QED) is 0.908. The molecule has 0 radical (unpaired) electrons. The van der Waals surface area contributed by atoms with Crippen LogP contribution < -0.4 is 5.32 Å². The predicted molar refractivity (Wildman–Crippen MR) is 79.3 cm³/mol. The lowest BCUT2D eigenvalue weighted by Gasteiger charge is -2.09. The molecule has 0 aliphatic rings. The van der Waals surface area contributed by atoms with Gasteiger partial charge >= 0.3 is 0 Å². The zero-order chi connectivity index (χ0) is 14.5. The zero-order valence-corrected chi connectivity index (χ0v) is 12.3. The minimum Gasteiger partial charge on any atom is -0.352 e. The summed E-state index contributed by atoms with van der Waals surface area (Å²) in [7, 11) is 0. The standard InChI is InChI=1S/C16H21N3O/c1-12-4-5-13(2)15(10-12)11-17-16(20)7-9-19-8-6-14(3)18-19/h4-6,8,10H,7,9,11H2,1-3H3,(H,17,20). The monoisotopic (exact) mass is 271 g/mol. The molecule has 0 bridgehead atoms. The molecule has 2 aromatic rings. The number of hydrogen-bond acceptors (Lipinski definition) is 2. The molecular formula is C16H21N3O. The number of aromatic nitrogens is 2. The Balaban J connectivity index is 1.81. The third-order valence-corrected chi connectivity index (χ3v) is 3.32. The number of amides is 1. The first kappa shape index (κ1) is 14.3. The lowest BCUT2D eigenvalue weighted by molar-refractivity contribution is -0.121. The van der Waals surface area contributed by atoms with Crippen molar-refractivity contribution in [3.05, 3.63) is 52.8 Å². The van der Waals surface area contributed by atoms with Gasteiger partial charge < -0.3 is 5.32 Å². The van der Waals surface area contributed by atoms with E-state index in [1.54, 1.807) is 4.68 Å². The van der Waals surface area contributed by atoms with Crippen LogP contribution in [0.4, 0.5) is 0 Å². The van der Waals surface area contributed by atoms with Gasteiger partial charge in [0.1, 0.15) is 0 Å². The Hall–Kier alpha value is -2.10. The molecule has 106 valence electrons. The van der Waals surface area contributed by atoms with Gasteiger partial charge in [-0.15, -0.1) is 0 Å². The van der Waals surface area contributed by atoms with E-state index in [2.05, 4.69) is 42.5 Å². The molecule has 4 heteroatoms. The van der Waals surface area contributed by atoms with E-state index in [4.69, 9.17) is 0 Å². The summed E-state index contributed by atoms with van der Waals surface area (Å²) in [5.74, 6) is 0.0547. The van der Waals surface area contributed by atoms with E-state index in [-0.39, 0.29) is 5.91 Å². The van der Waals surface area contributed by atoms with Gasteiger partial charge in [0.15, 0.2) is 0 Å². The van der Waals surface area contributed by atoms with Crippen LogP contribution >= 0.6 is 0 Å². The van der Waals surface area contributed by atoms with Crippen molar-refractivity contribution >= 4 is 5.91 Å². The summed E-state index contributed by atoms with van der Waals surface area (Å²) in [6.07, 6.45) is 2.35. The van der Waals surface area contributed by atoms with Crippen molar-refractivity contribution in [2.45, 2.75) is 40.3 Å². The molecule has 4 nitrogen and oxygen atoms in total. The van der Waals surface area contributed by atoms with Crippen LogP contribution in [-0.2, 0) is 17.9 Å². The van der Waals surface area contributed by atoms with Crippen LogP contribution in [0, 0.1) is 20.8 Å². The molecular weight excluding hydrogens is 250 g/mol. The summed E-state index contributed by atoms with van der Waals surface area (Å²) in [6.45, 7) is 7.27. The molecule has 0 aliphatic carbocycles. The number of benzene rings is 1. The van der Waals surface area contributed by atoms with E-state index in [1.807, 2.05) is 19.2 Å². The van der Waals surface area contributed by atoms with Crippen molar-refractivity contribution < 1.29 is 4.79 Å². The first-order valence-electron chi connectivity index (χ1n) is 6.87. The average molecular weight is 271 g/mol. The Kier molecular flexibility index (Phi) is 4.56. The fourth-order valence-electron chi connectivity index (χ4n) is 2.08. The number of aryl methyl sites for hydroxylation is 4. The van der Waals surface area contributed by atoms with Crippen molar-refractivity contribution in [1.82, 2.24) is 15.1 Å². The van der Waals surface area contributed by atoms with Gasteiger partial charge in [-0.2, -0.15) is 5.10 Å². The largest absolute Gasteiger partial charge is 0.352 e. The van der Waals surface area contributed by atoms with Crippen LogP contribution in [0.15, 0.2) is 30.5 Å². The van der Waals surface area contributed by atoms with Gasteiger partial charge in [0.2, 0.25) is 5.91 Å². The Morgan fingerprint density at radius 3 is 2.75 bits per heavy atom. The highest BCUT2D eigenvalue weighted by Crippen LogP contribution is 2.10. The Morgan fingerprint density at radius 2 is 2.05 bits per heavy atom. The van der Waals surface area contributed by atoms with E-state index in [9.17, 15) is 4.79 Å². The minimum absolute atomic E-state index is 0.0547. The van der Waals surface area contributed by atoms with Gasteiger partial charge in [-0.1, -0.05) is 23.8 Å². The van der Waals surface area contributed by atoms with E-state index in [0.29, 0.717) is 19.5 Å². The lowest BCUT2D eigenvalue weighted by atomic mass is 10.1.